The number of nitrogens with zero attached hydrogens (tertiary/aromatic N) is 3. The van der Waals surface area contributed by atoms with Gasteiger partial charge in [-0.2, -0.15) is 9.29 Å². The Bertz CT molecular complexity index is 885. The Morgan fingerprint density at radius 1 is 1.36 bits per heavy atom. The fraction of sp³-hybridized carbons (Fsp3) is 0.579. The Morgan fingerprint density at radius 3 is 2.89 bits per heavy atom. The van der Waals surface area contributed by atoms with Crippen molar-refractivity contribution >= 4 is 21.6 Å². The van der Waals surface area contributed by atoms with Crippen molar-refractivity contribution in [2.24, 2.45) is 5.92 Å². The Morgan fingerprint density at radius 2 is 2.14 bits per heavy atom. The zero-order valence-corrected chi connectivity index (χ0v) is 17.7. The SMILES string of the molecule is CC(C)Cc1nc(CCOC2CCCN(S(=O)(=O)c3ccccc3Cl)C2)no1. The van der Waals surface area contributed by atoms with E-state index in [-0.39, 0.29) is 16.0 Å². The third-order valence-corrected chi connectivity index (χ3v) is 6.93. The predicted octanol–water partition coefficient (Wildman–Crippen LogP) is 3.33. The van der Waals surface area contributed by atoms with Gasteiger partial charge < -0.3 is 9.26 Å². The minimum Gasteiger partial charge on any atom is -0.376 e. The number of hydrogen-bond donors (Lipinski definition) is 0. The average Bonchev–Trinajstić information content (AvgIpc) is 3.08. The molecule has 1 aliphatic heterocycles. The second-order valence-electron chi connectivity index (χ2n) is 7.38. The second kappa shape index (κ2) is 9.35. The van der Waals surface area contributed by atoms with Crippen LogP contribution in [0.4, 0.5) is 0 Å². The van der Waals surface area contributed by atoms with Crippen LogP contribution in [0.1, 0.15) is 38.4 Å². The summed E-state index contributed by atoms with van der Waals surface area (Å²) in [7, 11) is -3.63. The largest absolute Gasteiger partial charge is 0.376 e. The first kappa shape index (κ1) is 21.2. The summed E-state index contributed by atoms with van der Waals surface area (Å²) >= 11 is 6.09. The first-order valence-electron chi connectivity index (χ1n) is 9.54. The van der Waals surface area contributed by atoms with Crippen LogP contribution in [0.15, 0.2) is 33.7 Å². The van der Waals surface area contributed by atoms with E-state index in [9.17, 15) is 8.42 Å². The zero-order valence-electron chi connectivity index (χ0n) is 16.2. The number of benzene rings is 1. The molecule has 2 heterocycles. The van der Waals surface area contributed by atoms with E-state index in [1.807, 2.05) is 0 Å². The summed E-state index contributed by atoms with van der Waals surface area (Å²) in [5, 5.41) is 4.20. The number of rotatable bonds is 8. The van der Waals surface area contributed by atoms with Crippen LogP contribution in [-0.4, -0.2) is 48.7 Å². The number of ether oxygens (including phenoxy) is 1. The quantitative estimate of drug-likeness (QED) is 0.642. The summed E-state index contributed by atoms with van der Waals surface area (Å²) in [6.07, 6.45) is 2.70. The Kier molecular flexibility index (Phi) is 7.09. The molecular formula is C19H26ClN3O4S. The third kappa shape index (κ3) is 5.31. The van der Waals surface area contributed by atoms with Crippen LogP contribution in [0, 0.1) is 5.92 Å². The molecule has 0 spiro atoms. The maximum Gasteiger partial charge on any atom is 0.244 e. The molecule has 2 aromatic rings. The van der Waals surface area contributed by atoms with Gasteiger partial charge in [-0.05, 0) is 30.9 Å². The summed E-state index contributed by atoms with van der Waals surface area (Å²) in [4.78, 5) is 4.50. The van der Waals surface area contributed by atoms with E-state index in [1.165, 1.54) is 10.4 Å². The van der Waals surface area contributed by atoms with Gasteiger partial charge in [0.1, 0.15) is 4.90 Å². The lowest BCUT2D eigenvalue weighted by molar-refractivity contribution is 0.0199. The van der Waals surface area contributed by atoms with E-state index in [0.717, 1.165) is 19.3 Å². The van der Waals surface area contributed by atoms with Crippen LogP contribution in [-0.2, 0) is 27.6 Å². The maximum absolute atomic E-state index is 12.9. The van der Waals surface area contributed by atoms with Crippen molar-refractivity contribution in [1.82, 2.24) is 14.4 Å². The molecule has 1 atom stereocenters. The molecule has 154 valence electrons. The van der Waals surface area contributed by atoms with Gasteiger partial charge in [0, 0.05) is 25.9 Å². The van der Waals surface area contributed by atoms with Gasteiger partial charge in [-0.3, -0.25) is 0 Å². The van der Waals surface area contributed by atoms with Gasteiger partial charge in [-0.1, -0.05) is 42.7 Å². The van der Waals surface area contributed by atoms with Crippen molar-refractivity contribution < 1.29 is 17.7 Å². The molecule has 1 unspecified atom stereocenters. The number of halogens is 1. The number of hydrogen-bond acceptors (Lipinski definition) is 6. The number of piperidine rings is 1. The molecule has 0 N–H and O–H groups in total. The van der Waals surface area contributed by atoms with Gasteiger partial charge in [0.15, 0.2) is 5.82 Å². The summed E-state index contributed by atoms with van der Waals surface area (Å²) in [6, 6.07) is 6.51. The monoisotopic (exact) mass is 427 g/mol. The van der Waals surface area contributed by atoms with Crippen LogP contribution in [0.2, 0.25) is 5.02 Å². The second-order valence-corrected chi connectivity index (χ2v) is 9.69. The lowest BCUT2D eigenvalue weighted by Crippen LogP contribution is -2.43. The summed E-state index contributed by atoms with van der Waals surface area (Å²) < 4.78 is 38.4. The highest BCUT2D eigenvalue weighted by Gasteiger charge is 2.31. The van der Waals surface area contributed by atoms with Gasteiger partial charge >= 0.3 is 0 Å². The molecule has 1 fully saturated rings. The molecule has 0 amide bonds. The van der Waals surface area contributed by atoms with Crippen molar-refractivity contribution in [3.8, 4) is 0 Å². The van der Waals surface area contributed by atoms with Crippen molar-refractivity contribution in [2.45, 2.75) is 50.5 Å². The molecule has 28 heavy (non-hydrogen) atoms. The molecule has 1 aromatic heterocycles. The highest BCUT2D eigenvalue weighted by molar-refractivity contribution is 7.89. The molecular weight excluding hydrogens is 402 g/mol. The van der Waals surface area contributed by atoms with Crippen LogP contribution >= 0.6 is 11.6 Å². The van der Waals surface area contributed by atoms with E-state index >= 15 is 0 Å². The van der Waals surface area contributed by atoms with E-state index < -0.39 is 10.0 Å². The van der Waals surface area contributed by atoms with Gasteiger partial charge in [0.25, 0.3) is 0 Å². The zero-order chi connectivity index (χ0) is 20.1. The number of sulfonamides is 1. The smallest absolute Gasteiger partial charge is 0.244 e. The highest BCUT2D eigenvalue weighted by atomic mass is 35.5. The maximum atomic E-state index is 12.9. The molecule has 3 rings (SSSR count). The molecule has 9 heteroatoms. The topological polar surface area (TPSA) is 85.5 Å². The summed E-state index contributed by atoms with van der Waals surface area (Å²) in [5.41, 5.74) is 0. The minimum atomic E-state index is -3.63. The van der Waals surface area contributed by atoms with E-state index in [2.05, 4.69) is 24.0 Å². The number of aromatic nitrogens is 2. The van der Waals surface area contributed by atoms with Gasteiger partial charge in [0.2, 0.25) is 15.9 Å². The molecule has 0 radical (unpaired) electrons. The Labute approximate surface area is 171 Å². The molecule has 1 aliphatic rings. The fourth-order valence-corrected chi connectivity index (χ4v) is 5.20. The van der Waals surface area contributed by atoms with Gasteiger partial charge in [-0.25, -0.2) is 8.42 Å². The molecule has 1 aromatic carbocycles. The van der Waals surface area contributed by atoms with Crippen molar-refractivity contribution in [2.75, 3.05) is 19.7 Å². The molecule has 1 saturated heterocycles. The van der Waals surface area contributed by atoms with Crippen LogP contribution in [0.5, 0.6) is 0 Å². The van der Waals surface area contributed by atoms with Gasteiger partial charge in [-0.15, -0.1) is 0 Å². The Hall–Kier alpha value is -1.48. The average molecular weight is 428 g/mol. The predicted molar refractivity (Wildman–Crippen MR) is 106 cm³/mol. The van der Waals surface area contributed by atoms with Crippen molar-refractivity contribution in [3.63, 3.8) is 0 Å². The third-order valence-electron chi connectivity index (χ3n) is 4.57. The normalized spacial score (nSPS) is 18.6. The lowest BCUT2D eigenvalue weighted by atomic mass is 10.1. The van der Waals surface area contributed by atoms with Crippen molar-refractivity contribution in [3.05, 3.63) is 41.0 Å². The standard InChI is InChI=1S/C19H26ClN3O4S/c1-14(2)12-19-21-18(22-27-19)9-11-26-15-6-5-10-23(13-15)28(24,25)17-8-4-3-7-16(17)20/h3-4,7-8,14-15H,5-6,9-13H2,1-2H3. The first-order valence-corrected chi connectivity index (χ1v) is 11.4. The van der Waals surface area contributed by atoms with Crippen LogP contribution in [0.25, 0.3) is 0 Å². The van der Waals surface area contributed by atoms with E-state index in [0.29, 0.717) is 43.8 Å². The molecule has 0 bridgehead atoms. The molecule has 0 saturated carbocycles. The first-order chi connectivity index (χ1) is 13.4. The van der Waals surface area contributed by atoms with Crippen LogP contribution < -0.4 is 0 Å². The molecule has 0 aliphatic carbocycles. The molecule has 7 nitrogen and oxygen atoms in total. The van der Waals surface area contributed by atoms with Crippen LogP contribution in [0.3, 0.4) is 0 Å². The van der Waals surface area contributed by atoms with E-state index in [1.54, 1.807) is 18.2 Å². The van der Waals surface area contributed by atoms with E-state index in [4.69, 9.17) is 20.9 Å². The fourth-order valence-electron chi connectivity index (χ4n) is 3.19. The van der Waals surface area contributed by atoms with Gasteiger partial charge in [0.05, 0.1) is 17.7 Å². The Balaban J connectivity index is 1.54. The van der Waals surface area contributed by atoms with Crippen molar-refractivity contribution in [1.29, 1.82) is 0 Å². The summed E-state index contributed by atoms with van der Waals surface area (Å²) in [6.45, 7) is 5.40. The minimum absolute atomic E-state index is 0.141. The summed E-state index contributed by atoms with van der Waals surface area (Å²) in [5.74, 6) is 1.71. The lowest BCUT2D eigenvalue weighted by Gasteiger charge is -2.32. The highest BCUT2D eigenvalue weighted by Crippen LogP contribution is 2.27.